The van der Waals surface area contributed by atoms with E-state index in [4.69, 9.17) is 0 Å². The third-order valence-corrected chi connectivity index (χ3v) is 4.97. The molecule has 0 aromatic heterocycles. The lowest BCUT2D eigenvalue weighted by atomic mass is 9.94. The van der Waals surface area contributed by atoms with E-state index in [2.05, 4.69) is 4.99 Å². The monoisotopic (exact) mass is 431 g/mol. The topological polar surface area (TPSA) is 61.8 Å². The first-order chi connectivity index (χ1) is 14.5. The van der Waals surface area contributed by atoms with Crippen LogP contribution in [-0.4, -0.2) is 40.9 Å². The Balaban J connectivity index is 2.05. The van der Waals surface area contributed by atoms with E-state index in [0.29, 0.717) is 12.0 Å². The van der Waals surface area contributed by atoms with Gasteiger partial charge in [-0.05, 0) is 12.0 Å². The van der Waals surface area contributed by atoms with Crippen molar-refractivity contribution in [2.75, 3.05) is 6.54 Å². The smallest absolute Gasteiger partial charge is 0.316 e. The minimum atomic E-state index is -5.12. The van der Waals surface area contributed by atoms with Gasteiger partial charge in [-0.1, -0.05) is 81.4 Å². The molecule has 0 saturated carbocycles. The van der Waals surface area contributed by atoms with Crippen molar-refractivity contribution in [3.8, 4) is 0 Å². The highest BCUT2D eigenvalue weighted by Gasteiger charge is 2.67. The van der Waals surface area contributed by atoms with E-state index in [1.165, 1.54) is 20.8 Å². The molecule has 0 saturated heterocycles. The van der Waals surface area contributed by atoms with Gasteiger partial charge in [-0.15, -0.1) is 0 Å². The molecule has 0 unspecified atom stereocenters. The number of alkyl halides is 3. The van der Waals surface area contributed by atoms with Crippen molar-refractivity contribution in [1.29, 1.82) is 0 Å². The molecule has 3 rings (SSSR count). The van der Waals surface area contributed by atoms with Crippen molar-refractivity contribution in [2.45, 2.75) is 39.0 Å². The fraction of sp³-hybridized carbons (Fsp3) is 0.348. The summed E-state index contributed by atoms with van der Waals surface area (Å²) in [5.41, 5.74) is -3.27. The second kappa shape index (κ2) is 8.17. The normalized spacial score (nSPS) is 19.4. The van der Waals surface area contributed by atoms with Crippen molar-refractivity contribution in [2.24, 2.45) is 10.4 Å². The first-order valence-electron chi connectivity index (χ1n) is 9.86. The van der Waals surface area contributed by atoms with Crippen LogP contribution in [0.15, 0.2) is 65.7 Å². The van der Waals surface area contributed by atoms with Crippen LogP contribution in [0.25, 0.3) is 0 Å². The zero-order chi connectivity index (χ0) is 22.9. The lowest BCUT2D eigenvalue weighted by Gasteiger charge is -2.31. The predicted molar refractivity (Wildman–Crippen MR) is 111 cm³/mol. The number of carbonyl (C=O) groups excluding carboxylic acids is 2. The van der Waals surface area contributed by atoms with Gasteiger partial charge >= 0.3 is 11.8 Å². The Kier molecular flexibility index (Phi) is 5.93. The van der Waals surface area contributed by atoms with Crippen LogP contribution in [-0.2, 0) is 16.0 Å². The highest BCUT2D eigenvalue weighted by Crippen LogP contribution is 2.39. The largest absolute Gasteiger partial charge is 0.442 e. The molecule has 2 aromatic carbocycles. The number of amides is 2. The Bertz CT molecular complexity index is 983. The number of halogens is 3. The summed E-state index contributed by atoms with van der Waals surface area (Å²) >= 11 is 0. The van der Waals surface area contributed by atoms with Gasteiger partial charge in [0, 0.05) is 17.5 Å². The first kappa shape index (κ1) is 22.5. The predicted octanol–water partition coefficient (Wildman–Crippen LogP) is 3.94. The van der Waals surface area contributed by atoms with Gasteiger partial charge in [0.25, 0.3) is 5.91 Å². The van der Waals surface area contributed by atoms with Crippen molar-refractivity contribution in [3.05, 3.63) is 71.8 Å². The van der Waals surface area contributed by atoms with Crippen LogP contribution in [0.5, 0.6) is 0 Å². The van der Waals surface area contributed by atoms with Gasteiger partial charge in [-0.25, -0.2) is 4.99 Å². The van der Waals surface area contributed by atoms with E-state index in [9.17, 15) is 22.8 Å². The zero-order valence-corrected chi connectivity index (χ0v) is 17.5. The Morgan fingerprint density at radius 3 is 2.06 bits per heavy atom. The Hall–Kier alpha value is -3.16. The molecule has 1 aliphatic heterocycles. The number of hydrogen-bond acceptors (Lipinski definition) is 3. The minimum absolute atomic E-state index is 0.0141. The van der Waals surface area contributed by atoms with Crippen LogP contribution in [0, 0.1) is 5.41 Å². The van der Waals surface area contributed by atoms with Gasteiger partial charge in [-0.3, -0.25) is 14.5 Å². The second-order valence-electron chi connectivity index (χ2n) is 8.41. The summed E-state index contributed by atoms with van der Waals surface area (Å²) in [4.78, 5) is 30.6. The summed E-state index contributed by atoms with van der Waals surface area (Å²) in [6.45, 7) is 4.41. The summed E-state index contributed by atoms with van der Waals surface area (Å²) in [7, 11) is 0. The number of nitrogens with one attached hydrogen (secondary N) is 1. The zero-order valence-electron chi connectivity index (χ0n) is 17.5. The molecule has 0 aliphatic carbocycles. The standard InChI is InChI=1S/C23H24F3N3O2/c1-21(2,3)19(30)28-22(23(24,25)26)20(31)29(15-14-16-10-6-4-7-11-16)18(27-22)17-12-8-5-9-13-17/h4-13H,14-15H2,1-3H3,(H,28,30)/t22-/m0/s1. The van der Waals surface area contributed by atoms with Crippen LogP contribution in [0.2, 0.25) is 0 Å². The highest BCUT2D eigenvalue weighted by molar-refractivity contribution is 6.16. The maximum absolute atomic E-state index is 14.3. The Morgan fingerprint density at radius 2 is 1.55 bits per heavy atom. The Morgan fingerprint density at radius 1 is 1.00 bits per heavy atom. The molecule has 0 fully saturated rings. The van der Waals surface area contributed by atoms with Gasteiger partial charge in [0.2, 0.25) is 5.91 Å². The van der Waals surface area contributed by atoms with Crippen LogP contribution in [0.1, 0.15) is 31.9 Å². The minimum Gasteiger partial charge on any atom is -0.316 e. The maximum atomic E-state index is 14.3. The van der Waals surface area contributed by atoms with E-state index in [1.54, 1.807) is 30.3 Å². The number of benzene rings is 2. The van der Waals surface area contributed by atoms with Gasteiger partial charge < -0.3 is 5.32 Å². The number of hydrogen-bond donors (Lipinski definition) is 1. The molecule has 0 bridgehead atoms. The summed E-state index contributed by atoms with van der Waals surface area (Å²) in [6, 6.07) is 17.3. The Labute approximate surface area is 179 Å². The van der Waals surface area contributed by atoms with Crippen molar-refractivity contribution in [1.82, 2.24) is 10.2 Å². The summed E-state index contributed by atoms with van der Waals surface area (Å²) in [5, 5.41) is 1.91. The number of carbonyl (C=O) groups is 2. The lowest BCUT2D eigenvalue weighted by molar-refractivity contribution is -0.201. The van der Waals surface area contributed by atoms with E-state index >= 15 is 0 Å². The van der Waals surface area contributed by atoms with Crippen LogP contribution >= 0.6 is 0 Å². The molecule has 0 radical (unpaired) electrons. The molecular weight excluding hydrogens is 407 g/mol. The SMILES string of the molecule is CC(C)(C)C(=O)N[C@@]1(C(F)(F)F)N=C(c2ccccc2)N(CCc2ccccc2)C1=O. The van der Waals surface area contributed by atoms with E-state index < -0.39 is 29.1 Å². The molecule has 1 atom stereocenters. The van der Waals surface area contributed by atoms with Gasteiger partial charge in [0.05, 0.1) is 0 Å². The van der Waals surface area contributed by atoms with Crippen LogP contribution in [0.4, 0.5) is 13.2 Å². The van der Waals surface area contributed by atoms with Crippen molar-refractivity contribution >= 4 is 17.6 Å². The number of nitrogens with zero attached hydrogens (tertiary/aromatic N) is 2. The fourth-order valence-corrected chi connectivity index (χ4v) is 3.15. The molecule has 1 aliphatic rings. The number of amidine groups is 1. The summed E-state index contributed by atoms with van der Waals surface area (Å²) < 4.78 is 42.8. The molecule has 2 aromatic rings. The number of aliphatic imine (C=N–C) groups is 1. The quantitative estimate of drug-likeness (QED) is 0.780. The summed E-state index contributed by atoms with van der Waals surface area (Å²) in [6.07, 6.45) is -4.79. The van der Waals surface area contributed by atoms with Crippen LogP contribution < -0.4 is 5.32 Å². The molecule has 1 N–H and O–H groups in total. The van der Waals surface area contributed by atoms with E-state index in [-0.39, 0.29) is 12.4 Å². The van der Waals surface area contributed by atoms with Crippen LogP contribution in [0.3, 0.4) is 0 Å². The van der Waals surface area contributed by atoms with Gasteiger partial charge in [0.1, 0.15) is 5.84 Å². The van der Waals surface area contributed by atoms with E-state index in [0.717, 1.165) is 10.5 Å². The average Bonchev–Trinajstić information content (AvgIpc) is 3.00. The number of rotatable bonds is 5. The third kappa shape index (κ3) is 4.47. The molecule has 31 heavy (non-hydrogen) atoms. The lowest BCUT2D eigenvalue weighted by Crippen LogP contribution is -2.65. The van der Waals surface area contributed by atoms with E-state index in [1.807, 2.05) is 35.6 Å². The maximum Gasteiger partial charge on any atom is 0.442 e. The average molecular weight is 431 g/mol. The van der Waals surface area contributed by atoms with Gasteiger partial charge in [0.15, 0.2) is 0 Å². The van der Waals surface area contributed by atoms with Gasteiger partial charge in [-0.2, -0.15) is 13.2 Å². The molecular formula is C23H24F3N3O2. The van der Waals surface area contributed by atoms with Crippen molar-refractivity contribution in [3.63, 3.8) is 0 Å². The van der Waals surface area contributed by atoms with Crippen molar-refractivity contribution < 1.29 is 22.8 Å². The molecule has 164 valence electrons. The molecule has 0 spiro atoms. The molecule has 2 amide bonds. The highest BCUT2D eigenvalue weighted by atomic mass is 19.4. The first-order valence-corrected chi connectivity index (χ1v) is 9.86. The molecule has 5 nitrogen and oxygen atoms in total. The summed E-state index contributed by atoms with van der Waals surface area (Å²) in [5.74, 6) is -2.35. The molecule has 1 heterocycles. The third-order valence-electron chi connectivity index (χ3n) is 4.97. The fourth-order valence-electron chi connectivity index (χ4n) is 3.15. The second-order valence-corrected chi connectivity index (χ2v) is 8.41. The molecule has 8 heteroatoms.